The second-order valence-corrected chi connectivity index (χ2v) is 11.0. The molecule has 0 bridgehead atoms. The van der Waals surface area contributed by atoms with Crippen LogP contribution in [0.2, 0.25) is 0 Å². The van der Waals surface area contributed by atoms with Crippen LogP contribution < -0.4 is 31.1 Å². The van der Waals surface area contributed by atoms with E-state index in [1.807, 2.05) is 62.4 Å². The molecule has 200 valence electrons. The largest absolute Gasteiger partial charge is 0.384 e. The van der Waals surface area contributed by atoms with E-state index in [9.17, 15) is 14.9 Å². The van der Waals surface area contributed by atoms with Gasteiger partial charge in [-0.25, -0.2) is 0 Å². The third-order valence-corrected chi connectivity index (χ3v) is 8.33. The highest BCUT2D eigenvalue weighted by molar-refractivity contribution is 7.07. The number of hydrogen-bond donors (Lipinski definition) is 3. The minimum absolute atomic E-state index is 0.0697. The predicted molar refractivity (Wildman–Crippen MR) is 155 cm³/mol. The molecule has 0 saturated carbocycles. The summed E-state index contributed by atoms with van der Waals surface area (Å²) in [7, 11) is 0. The van der Waals surface area contributed by atoms with Crippen molar-refractivity contribution in [2.24, 2.45) is 5.73 Å². The molecule has 9 heteroatoms. The van der Waals surface area contributed by atoms with E-state index < -0.39 is 5.92 Å². The zero-order valence-corrected chi connectivity index (χ0v) is 23.0. The van der Waals surface area contributed by atoms with Crippen LogP contribution in [0.15, 0.2) is 58.9 Å². The van der Waals surface area contributed by atoms with Crippen molar-refractivity contribution >= 4 is 34.7 Å². The third-order valence-electron chi connectivity index (χ3n) is 7.22. The van der Waals surface area contributed by atoms with Gasteiger partial charge in [0, 0.05) is 39.3 Å². The Kier molecular flexibility index (Phi) is 7.79. The third kappa shape index (κ3) is 5.45. The summed E-state index contributed by atoms with van der Waals surface area (Å²) in [5.74, 6) is -0.909. The summed E-state index contributed by atoms with van der Waals surface area (Å²) in [6.45, 7) is 8.89. The van der Waals surface area contributed by atoms with Crippen molar-refractivity contribution in [3.05, 3.63) is 95.9 Å². The molecule has 39 heavy (non-hydrogen) atoms. The molecular weight excluding hydrogens is 508 g/mol. The summed E-state index contributed by atoms with van der Waals surface area (Å²) in [6, 6.07) is 17.8. The van der Waals surface area contributed by atoms with Crippen LogP contribution in [0.5, 0.6) is 0 Å². The number of nitriles is 1. The van der Waals surface area contributed by atoms with Crippen molar-refractivity contribution in [2.75, 3.05) is 39.3 Å². The van der Waals surface area contributed by atoms with Crippen LogP contribution in [0.1, 0.15) is 28.2 Å². The van der Waals surface area contributed by atoms with Gasteiger partial charge < -0.3 is 16.4 Å². The highest BCUT2D eigenvalue weighted by Gasteiger charge is 2.35. The van der Waals surface area contributed by atoms with E-state index >= 15 is 0 Å². The number of benzene rings is 2. The fraction of sp³-hybridized carbons (Fsp3) is 0.300. The van der Waals surface area contributed by atoms with Crippen LogP contribution in [0.25, 0.3) is 17.5 Å². The van der Waals surface area contributed by atoms with Crippen LogP contribution in [0, 0.1) is 25.2 Å². The first-order chi connectivity index (χ1) is 18.9. The molecule has 1 amide bonds. The van der Waals surface area contributed by atoms with Gasteiger partial charge in [-0.3, -0.25) is 19.1 Å². The van der Waals surface area contributed by atoms with E-state index in [4.69, 9.17) is 5.73 Å². The van der Waals surface area contributed by atoms with Gasteiger partial charge in [-0.2, -0.15) is 5.26 Å². The monoisotopic (exact) mass is 540 g/mol. The van der Waals surface area contributed by atoms with Crippen LogP contribution in [-0.2, 0) is 4.79 Å². The number of aryl methyl sites for hydroxylation is 2. The van der Waals surface area contributed by atoms with E-state index in [0.717, 1.165) is 55.0 Å². The summed E-state index contributed by atoms with van der Waals surface area (Å²) in [5.41, 5.74) is 10.6. The molecule has 0 spiro atoms. The number of nitrogens with one attached hydrogen (secondary N) is 2. The Hall–Kier alpha value is -3.97. The molecule has 1 fully saturated rings. The number of carbonyl (C=O) groups excluding carboxylic acids is 1. The molecule has 4 N–H and O–H groups in total. The van der Waals surface area contributed by atoms with Crippen molar-refractivity contribution < 1.29 is 4.79 Å². The summed E-state index contributed by atoms with van der Waals surface area (Å²) >= 11 is 1.23. The number of thiazole rings is 1. The highest BCUT2D eigenvalue weighted by Crippen LogP contribution is 2.36. The number of hydrogen-bond acceptors (Lipinski definition) is 7. The maximum Gasteiger partial charge on any atom is 0.274 e. The van der Waals surface area contributed by atoms with E-state index in [0.29, 0.717) is 21.3 Å². The Morgan fingerprint density at radius 2 is 1.77 bits per heavy atom. The van der Waals surface area contributed by atoms with Crippen LogP contribution in [0.3, 0.4) is 0 Å². The quantitative estimate of drug-likeness (QED) is 0.429. The average molecular weight is 541 g/mol. The zero-order valence-electron chi connectivity index (χ0n) is 22.2. The van der Waals surface area contributed by atoms with Crippen LogP contribution in [0.4, 0.5) is 0 Å². The first-order valence-electron chi connectivity index (χ1n) is 13.1. The number of allylic oxidation sites excluding steroid dienone is 1. The van der Waals surface area contributed by atoms with Crippen molar-refractivity contribution in [3.8, 4) is 6.07 Å². The number of nitrogens with zero attached hydrogens (tertiary/aromatic N) is 3. The number of fused-ring (bicyclic) bond motifs is 1. The topological polar surface area (TPSA) is 116 Å². The van der Waals surface area contributed by atoms with Crippen LogP contribution in [-0.4, -0.2) is 54.6 Å². The summed E-state index contributed by atoms with van der Waals surface area (Å²) in [4.78, 5) is 29.8. The lowest BCUT2D eigenvalue weighted by molar-refractivity contribution is -0.116. The maximum atomic E-state index is 13.9. The summed E-state index contributed by atoms with van der Waals surface area (Å²) in [6.07, 6.45) is 1.80. The smallest absolute Gasteiger partial charge is 0.274 e. The molecule has 3 aromatic rings. The Balaban J connectivity index is 1.65. The zero-order chi connectivity index (χ0) is 27.5. The van der Waals surface area contributed by atoms with Gasteiger partial charge in [0.25, 0.3) is 11.5 Å². The van der Waals surface area contributed by atoms with Crippen molar-refractivity contribution in [2.45, 2.75) is 19.8 Å². The lowest BCUT2D eigenvalue weighted by Crippen LogP contribution is -2.47. The molecule has 2 aliphatic rings. The van der Waals surface area contributed by atoms with Crippen molar-refractivity contribution in [1.29, 1.82) is 5.26 Å². The van der Waals surface area contributed by atoms with Gasteiger partial charge in [0.05, 0.1) is 27.7 Å². The molecule has 5 rings (SSSR count). The predicted octanol–water partition coefficient (Wildman–Crippen LogP) is 0.976. The van der Waals surface area contributed by atoms with Gasteiger partial charge in [-0.1, -0.05) is 59.7 Å². The van der Waals surface area contributed by atoms with Gasteiger partial charge in [-0.05, 0) is 31.1 Å². The number of aromatic nitrogens is 1. The Morgan fingerprint density at radius 3 is 2.41 bits per heavy atom. The second-order valence-electron chi connectivity index (χ2n) is 9.98. The Bertz CT molecular complexity index is 1640. The summed E-state index contributed by atoms with van der Waals surface area (Å²) < 4.78 is 2.24. The standard InChI is InChI=1S/C30H32N6O2S/c1-19-3-7-21(8-4-19)17-24-29(38)36-27(32)23(18-31)25(22-9-5-20(2)6-10-22)26(30(36)39-24)28(37)34-13-16-35-14-11-33-12-15-35/h3-10,17,25,33H,11-16,32H2,1-2H3,(H,34,37)/b24-17-. The number of nitrogens with two attached hydrogens (primary N) is 1. The molecule has 2 aromatic carbocycles. The van der Waals surface area contributed by atoms with Crippen LogP contribution >= 0.6 is 11.3 Å². The molecule has 1 aromatic heterocycles. The molecular formula is C30H32N6O2S. The van der Waals surface area contributed by atoms with Crippen molar-refractivity contribution in [3.63, 3.8) is 0 Å². The summed E-state index contributed by atoms with van der Waals surface area (Å²) in [5, 5.41) is 16.6. The minimum atomic E-state index is -0.680. The lowest BCUT2D eigenvalue weighted by Gasteiger charge is -2.28. The first-order valence-corrected chi connectivity index (χ1v) is 13.9. The molecule has 8 nitrogen and oxygen atoms in total. The molecule has 2 aliphatic heterocycles. The molecule has 3 heterocycles. The maximum absolute atomic E-state index is 13.9. The second kappa shape index (κ2) is 11.4. The number of rotatable bonds is 6. The first kappa shape index (κ1) is 26.6. The van der Waals surface area contributed by atoms with E-state index in [1.54, 1.807) is 6.08 Å². The number of amides is 1. The van der Waals surface area contributed by atoms with E-state index in [1.165, 1.54) is 15.9 Å². The molecule has 1 atom stereocenters. The van der Waals surface area contributed by atoms with E-state index in [2.05, 4.69) is 21.6 Å². The molecule has 1 saturated heterocycles. The minimum Gasteiger partial charge on any atom is -0.384 e. The van der Waals surface area contributed by atoms with Gasteiger partial charge in [0.15, 0.2) is 0 Å². The Labute approximate surface area is 231 Å². The Morgan fingerprint density at radius 1 is 1.13 bits per heavy atom. The molecule has 1 unspecified atom stereocenters. The fourth-order valence-corrected chi connectivity index (χ4v) is 6.21. The normalized spacial score (nSPS) is 18.1. The number of carbonyl (C=O) groups is 1. The van der Waals surface area contributed by atoms with Gasteiger partial charge in [0.1, 0.15) is 10.5 Å². The van der Waals surface area contributed by atoms with Gasteiger partial charge in [-0.15, -0.1) is 11.3 Å². The fourth-order valence-electron chi connectivity index (χ4n) is 5.03. The van der Waals surface area contributed by atoms with Crippen molar-refractivity contribution in [1.82, 2.24) is 20.1 Å². The van der Waals surface area contributed by atoms with Gasteiger partial charge >= 0.3 is 0 Å². The highest BCUT2D eigenvalue weighted by atomic mass is 32.1. The van der Waals surface area contributed by atoms with Gasteiger partial charge in [0.2, 0.25) is 0 Å². The van der Waals surface area contributed by atoms with E-state index in [-0.39, 0.29) is 22.9 Å². The number of piperazine rings is 1. The SMILES string of the molecule is Cc1ccc(/C=c2\sc3n(c2=O)C(N)=C(C#N)C(c2ccc(C)cc2)C=3C(=O)NCCN2CCNCC2)cc1. The molecule has 0 radical (unpaired) electrons. The lowest BCUT2D eigenvalue weighted by atomic mass is 9.83. The average Bonchev–Trinajstić information content (AvgIpc) is 3.26. The molecule has 0 aliphatic carbocycles.